The minimum absolute atomic E-state index is 0. The molecule has 2 heterocycles. The van der Waals surface area contributed by atoms with Crippen LogP contribution in [0.25, 0.3) is 0 Å². The monoisotopic (exact) mass is 576 g/mol. The molecule has 0 atom stereocenters. The molecule has 184 valence electrons. The van der Waals surface area contributed by atoms with E-state index in [0.717, 1.165) is 10.2 Å². The average molecular weight is 578 g/mol. The summed E-state index contributed by atoms with van der Waals surface area (Å²) in [6.45, 7) is 3.81. The highest BCUT2D eigenvalue weighted by atomic mass is 79.9. The third-order valence-electron chi connectivity index (χ3n) is 6.05. The van der Waals surface area contributed by atoms with Crippen molar-refractivity contribution in [3.05, 3.63) is 28.7 Å². The van der Waals surface area contributed by atoms with Gasteiger partial charge in [0.15, 0.2) is 4.75 Å². The molecule has 0 radical (unpaired) electrons. The van der Waals surface area contributed by atoms with Crippen molar-refractivity contribution in [2.45, 2.75) is 17.6 Å². The lowest BCUT2D eigenvalue weighted by Crippen LogP contribution is -2.63. The van der Waals surface area contributed by atoms with Crippen LogP contribution < -0.4 is 10.4 Å². The number of amides is 1. The summed E-state index contributed by atoms with van der Waals surface area (Å²) in [5, 5.41) is 9.31. The van der Waals surface area contributed by atoms with Crippen molar-refractivity contribution < 1.29 is 23.2 Å². The Labute approximate surface area is 210 Å². The van der Waals surface area contributed by atoms with E-state index in [1.807, 2.05) is 24.3 Å². The zero-order chi connectivity index (χ0) is 21.8. The number of nitrogens with zero attached hydrogens (tertiary/aromatic N) is 3. The maximum absolute atomic E-state index is 13.6. The van der Waals surface area contributed by atoms with Crippen LogP contribution in [0.1, 0.15) is 12.8 Å². The molecule has 13 heteroatoms. The van der Waals surface area contributed by atoms with Crippen molar-refractivity contribution in [2.75, 3.05) is 64.4 Å². The number of halogens is 3. The highest BCUT2D eigenvalue weighted by Gasteiger charge is 2.55. The minimum Gasteiger partial charge on any atom is -0.383 e. The molecule has 3 rings (SSSR count). The molecule has 0 aliphatic carbocycles. The van der Waals surface area contributed by atoms with E-state index >= 15 is 0 Å². The zero-order valence-electron chi connectivity index (χ0n) is 17.9. The Balaban J connectivity index is 0.00000256. The van der Waals surface area contributed by atoms with Gasteiger partial charge < -0.3 is 14.5 Å². The Morgan fingerprint density at radius 1 is 1.09 bits per heavy atom. The SMILES string of the molecule is COCCN1CCC(C(=O)NO)(S(=O)(=O)N2CCN(c3ccc(Br)cc3)CC2)CC1.Cl.Cl. The van der Waals surface area contributed by atoms with Gasteiger partial charge in [0, 0.05) is 63.1 Å². The molecule has 2 saturated heterocycles. The second kappa shape index (κ2) is 12.7. The first-order valence-electron chi connectivity index (χ1n) is 10.00. The van der Waals surface area contributed by atoms with Crippen LogP contribution >= 0.6 is 40.7 Å². The largest absolute Gasteiger partial charge is 0.383 e. The fourth-order valence-electron chi connectivity index (χ4n) is 4.15. The van der Waals surface area contributed by atoms with Crippen LogP contribution in [0.4, 0.5) is 5.69 Å². The summed E-state index contributed by atoms with van der Waals surface area (Å²) in [6.07, 6.45) is 0.275. The quantitative estimate of drug-likeness (QED) is 0.376. The van der Waals surface area contributed by atoms with E-state index in [4.69, 9.17) is 4.74 Å². The van der Waals surface area contributed by atoms with Gasteiger partial charge in [0.1, 0.15) is 0 Å². The number of carbonyl (C=O) groups is 1. The number of rotatable bonds is 7. The van der Waals surface area contributed by atoms with Gasteiger partial charge in [0.05, 0.1) is 6.61 Å². The summed E-state index contributed by atoms with van der Waals surface area (Å²) in [4.78, 5) is 16.8. The Hall–Kier alpha value is -0.660. The number of ether oxygens (including phenoxy) is 1. The van der Waals surface area contributed by atoms with Crippen molar-refractivity contribution in [2.24, 2.45) is 0 Å². The first-order chi connectivity index (χ1) is 14.3. The number of carbonyl (C=O) groups excluding carboxylic acids is 1. The van der Waals surface area contributed by atoms with Crippen LogP contribution in [0, 0.1) is 0 Å². The molecule has 32 heavy (non-hydrogen) atoms. The van der Waals surface area contributed by atoms with Gasteiger partial charge in [0.2, 0.25) is 10.0 Å². The molecule has 2 fully saturated rings. The van der Waals surface area contributed by atoms with E-state index in [0.29, 0.717) is 52.4 Å². The van der Waals surface area contributed by atoms with Gasteiger partial charge in [-0.25, -0.2) is 13.9 Å². The van der Waals surface area contributed by atoms with Gasteiger partial charge >= 0.3 is 0 Å². The van der Waals surface area contributed by atoms with E-state index in [1.165, 1.54) is 4.31 Å². The van der Waals surface area contributed by atoms with Gasteiger partial charge in [-0.3, -0.25) is 10.0 Å². The number of methoxy groups -OCH3 is 1. The number of piperidine rings is 1. The van der Waals surface area contributed by atoms with Gasteiger partial charge in [-0.05, 0) is 37.1 Å². The molecule has 0 unspecified atom stereocenters. The zero-order valence-corrected chi connectivity index (χ0v) is 21.9. The van der Waals surface area contributed by atoms with Crippen molar-refractivity contribution in [1.82, 2.24) is 14.7 Å². The fourth-order valence-corrected chi connectivity index (χ4v) is 6.53. The highest BCUT2D eigenvalue weighted by molar-refractivity contribution is 9.10. The second-order valence-electron chi connectivity index (χ2n) is 7.64. The standard InChI is InChI=1S/C19H29BrN4O5S.2ClH/c1-29-15-14-22-8-6-19(7-9-22,18(25)21-26)30(27,28)24-12-10-23(11-13-24)17-4-2-16(20)3-5-17;;/h2-5,26H,6-15H2,1H3,(H,21,25);2*1H. The number of anilines is 1. The summed E-state index contributed by atoms with van der Waals surface area (Å²) >= 11 is 3.42. The van der Waals surface area contributed by atoms with Crippen LogP contribution in [0.5, 0.6) is 0 Å². The number of piperazine rings is 1. The number of sulfonamides is 1. The minimum atomic E-state index is -3.95. The van der Waals surface area contributed by atoms with Crippen LogP contribution in [-0.4, -0.2) is 93.0 Å². The highest BCUT2D eigenvalue weighted by Crippen LogP contribution is 2.34. The number of nitrogens with one attached hydrogen (secondary N) is 1. The van der Waals surface area contributed by atoms with Crippen LogP contribution in [0.3, 0.4) is 0 Å². The maximum Gasteiger partial charge on any atom is 0.266 e. The number of hydrogen-bond donors (Lipinski definition) is 2. The van der Waals surface area contributed by atoms with E-state index < -0.39 is 20.7 Å². The lowest BCUT2D eigenvalue weighted by atomic mass is 9.95. The summed E-state index contributed by atoms with van der Waals surface area (Å²) in [7, 11) is -2.33. The molecular weight excluding hydrogens is 547 g/mol. The molecule has 0 spiro atoms. The molecule has 0 aromatic heterocycles. The van der Waals surface area contributed by atoms with Gasteiger partial charge in [-0.2, -0.15) is 4.31 Å². The Bertz CT molecular complexity index is 831. The van der Waals surface area contributed by atoms with E-state index in [9.17, 15) is 18.4 Å². The molecule has 1 aromatic carbocycles. The summed E-state index contributed by atoms with van der Waals surface area (Å²) in [6, 6.07) is 7.89. The Morgan fingerprint density at radius 2 is 1.66 bits per heavy atom. The van der Waals surface area contributed by atoms with E-state index in [1.54, 1.807) is 12.6 Å². The molecule has 0 bridgehead atoms. The number of hydrogen-bond acceptors (Lipinski definition) is 7. The third-order valence-corrected chi connectivity index (χ3v) is 9.21. The fraction of sp³-hybridized carbons (Fsp3) is 0.632. The molecular formula is C19H31BrCl2N4O5S. The van der Waals surface area contributed by atoms with Crippen LogP contribution in [0.15, 0.2) is 28.7 Å². The molecule has 2 aliphatic heterocycles. The topological polar surface area (TPSA) is 102 Å². The predicted octanol–water partition coefficient (Wildman–Crippen LogP) is 1.73. The van der Waals surface area contributed by atoms with Gasteiger partial charge in [-0.15, -0.1) is 24.8 Å². The number of hydroxylamine groups is 1. The van der Waals surface area contributed by atoms with Crippen molar-refractivity contribution in [3.63, 3.8) is 0 Å². The number of likely N-dealkylation sites (tertiary alicyclic amines) is 1. The molecule has 0 saturated carbocycles. The third kappa shape index (κ3) is 6.06. The molecule has 1 aromatic rings. The van der Waals surface area contributed by atoms with Gasteiger partial charge in [-0.1, -0.05) is 15.9 Å². The normalized spacial score (nSPS) is 19.5. The second-order valence-corrected chi connectivity index (χ2v) is 10.8. The summed E-state index contributed by atoms with van der Waals surface area (Å²) in [5.41, 5.74) is 2.65. The predicted molar refractivity (Wildman–Crippen MR) is 132 cm³/mol. The van der Waals surface area contributed by atoms with Gasteiger partial charge in [0.25, 0.3) is 5.91 Å². The van der Waals surface area contributed by atoms with E-state index in [-0.39, 0.29) is 37.7 Å². The first-order valence-corrected chi connectivity index (χ1v) is 12.2. The molecule has 9 nitrogen and oxygen atoms in total. The number of benzene rings is 1. The Morgan fingerprint density at radius 3 is 2.16 bits per heavy atom. The summed E-state index contributed by atoms with van der Waals surface area (Å²) < 4.78 is 32.9. The molecule has 2 N–H and O–H groups in total. The van der Waals surface area contributed by atoms with Crippen molar-refractivity contribution >= 4 is 62.4 Å². The molecule has 2 aliphatic rings. The molecule has 1 amide bonds. The first kappa shape index (κ1) is 29.4. The van der Waals surface area contributed by atoms with Crippen molar-refractivity contribution in [1.29, 1.82) is 0 Å². The lowest BCUT2D eigenvalue weighted by Gasteiger charge is -2.44. The van der Waals surface area contributed by atoms with Crippen LogP contribution in [-0.2, 0) is 19.6 Å². The lowest BCUT2D eigenvalue weighted by molar-refractivity contribution is -0.133. The summed E-state index contributed by atoms with van der Waals surface area (Å²) in [5.74, 6) is -0.843. The van der Waals surface area contributed by atoms with Crippen molar-refractivity contribution in [3.8, 4) is 0 Å². The smallest absolute Gasteiger partial charge is 0.266 e. The van der Waals surface area contributed by atoms with E-state index in [2.05, 4.69) is 25.7 Å². The average Bonchev–Trinajstić information content (AvgIpc) is 2.78. The van der Waals surface area contributed by atoms with Crippen LogP contribution in [0.2, 0.25) is 0 Å². The Kier molecular flexibility index (Phi) is 11.7. The maximum atomic E-state index is 13.6.